The Morgan fingerprint density at radius 1 is 1.15 bits per heavy atom. The smallest absolute Gasteiger partial charge is 0.243 e. The molecule has 0 unspecified atom stereocenters. The van der Waals surface area contributed by atoms with Crippen molar-refractivity contribution < 1.29 is 17.9 Å². The molecule has 0 aliphatic carbocycles. The average Bonchev–Trinajstić information content (AvgIpc) is 3.44. The molecule has 0 N–H and O–H groups in total. The number of rotatable bonds is 10. The minimum absolute atomic E-state index is 0.177. The third-order valence-corrected chi connectivity index (χ3v) is 9.46. The van der Waals surface area contributed by atoms with Gasteiger partial charge in [-0.25, -0.2) is 13.4 Å². The molecule has 2 aliphatic rings. The minimum Gasteiger partial charge on any atom is -0.379 e. The molecular formula is C24H38N4O4S2. The lowest BCUT2D eigenvalue weighted by Crippen LogP contribution is -2.40. The molecule has 0 saturated carbocycles. The molecule has 4 rings (SSSR count). The molecule has 190 valence electrons. The fourth-order valence-electron chi connectivity index (χ4n) is 4.82. The van der Waals surface area contributed by atoms with Crippen molar-refractivity contribution in [3.8, 4) is 0 Å². The summed E-state index contributed by atoms with van der Waals surface area (Å²) < 4.78 is 41.3. The molecule has 10 heteroatoms. The number of thioether (sulfide) groups is 1. The molecular weight excluding hydrogens is 472 g/mol. The summed E-state index contributed by atoms with van der Waals surface area (Å²) in [7, 11) is -3.56. The Morgan fingerprint density at radius 3 is 2.53 bits per heavy atom. The number of hydrogen-bond donors (Lipinski definition) is 0. The number of aromatic nitrogens is 2. The lowest BCUT2D eigenvalue weighted by molar-refractivity contribution is 0.0730. The molecule has 0 amide bonds. The Kier molecular flexibility index (Phi) is 8.58. The minimum atomic E-state index is -3.56. The van der Waals surface area contributed by atoms with Gasteiger partial charge in [-0.1, -0.05) is 11.8 Å². The number of nitrogens with zero attached hydrogens (tertiary/aromatic N) is 4. The fourth-order valence-corrected chi connectivity index (χ4v) is 7.22. The Labute approximate surface area is 208 Å². The van der Waals surface area contributed by atoms with Gasteiger partial charge in [0.2, 0.25) is 10.0 Å². The van der Waals surface area contributed by atoms with Gasteiger partial charge in [0.1, 0.15) is 0 Å². The first-order valence-corrected chi connectivity index (χ1v) is 14.8. The van der Waals surface area contributed by atoms with Crippen LogP contribution in [0.5, 0.6) is 0 Å². The Balaban J connectivity index is 1.60. The lowest BCUT2D eigenvalue weighted by atomic mass is 10.2. The van der Waals surface area contributed by atoms with Gasteiger partial charge in [-0.2, -0.15) is 4.31 Å². The van der Waals surface area contributed by atoms with E-state index in [1.807, 2.05) is 6.07 Å². The zero-order chi connectivity index (χ0) is 24.3. The maximum Gasteiger partial charge on any atom is 0.243 e. The highest BCUT2D eigenvalue weighted by atomic mass is 32.2. The van der Waals surface area contributed by atoms with Gasteiger partial charge < -0.3 is 14.0 Å². The lowest BCUT2D eigenvalue weighted by Gasteiger charge is -2.30. The van der Waals surface area contributed by atoms with Crippen LogP contribution in [0.1, 0.15) is 40.5 Å². The largest absolute Gasteiger partial charge is 0.379 e. The van der Waals surface area contributed by atoms with Crippen LogP contribution in [-0.2, 0) is 26.0 Å². The second-order valence-corrected chi connectivity index (χ2v) is 12.6. The second kappa shape index (κ2) is 11.3. The summed E-state index contributed by atoms with van der Waals surface area (Å²) in [6, 6.07) is 6.32. The number of imidazole rings is 1. The van der Waals surface area contributed by atoms with Gasteiger partial charge in [0.15, 0.2) is 5.16 Å². The first-order chi connectivity index (χ1) is 16.3. The Hall–Kier alpha value is -1.17. The molecule has 3 heterocycles. The third-order valence-electron chi connectivity index (χ3n) is 6.61. The number of morpholine rings is 1. The highest BCUT2D eigenvalue weighted by Gasteiger charge is 2.28. The molecule has 0 spiro atoms. The van der Waals surface area contributed by atoms with Gasteiger partial charge in [-0.15, -0.1) is 0 Å². The quantitative estimate of drug-likeness (QED) is 0.453. The molecule has 34 heavy (non-hydrogen) atoms. The van der Waals surface area contributed by atoms with Gasteiger partial charge >= 0.3 is 0 Å². The third kappa shape index (κ3) is 5.79. The molecule has 2 aromatic rings. The highest BCUT2D eigenvalue weighted by Crippen LogP contribution is 2.29. The SMILES string of the molecule is CC(C)N(CCSc1nc2cc(S(=O)(=O)N3CCOCC3)ccc2n1C[C@@H]1CCCO1)C(C)C. The van der Waals surface area contributed by atoms with E-state index in [0.29, 0.717) is 43.3 Å². The van der Waals surface area contributed by atoms with Gasteiger partial charge in [-0.05, 0) is 58.7 Å². The van der Waals surface area contributed by atoms with Crippen molar-refractivity contribution in [3.05, 3.63) is 18.2 Å². The van der Waals surface area contributed by atoms with E-state index in [9.17, 15) is 8.42 Å². The molecule has 2 aliphatic heterocycles. The van der Waals surface area contributed by atoms with E-state index >= 15 is 0 Å². The molecule has 0 bridgehead atoms. The van der Waals surface area contributed by atoms with E-state index in [1.165, 1.54) is 4.31 Å². The zero-order valence-electron chi connectivity index (χ0n) is 20.8. The normalized spacial score (nSPS) is 20.4. The monoisotopic (exact) mass is 510 g/mol. The van der Waals surface area contributed by atoms with Crippen LogP contribution < -0.4 is 0 Å². The van der Waals surface area contributed by atoms with Crippen molar-refractivity contribution in [1.82, 2.24) is 18.8 Å². The van der Waals surface area contributed by atoms with Gasteiger partial charge in [0, 0.05) is 44.1 Å². The predicted molar refractivity (Wildman–Crippen MR) is 136 cm³/mol. The first kappa shape index (κ1) is 25.9. The number of sulfonamides is 1. The molecule has 2 saturated heterocycles. The summed E-state index contributed by atoms with van der Waals surface area (Å²) in [6.07, 6.45) is 2.30. The highest BCUT2D eigenvalue weighted by molar-refractivity contribution is 7.99. The second-order valence-electron chi connectivity index (χ2n) is 9.58. The summed E-state index contributed by atoms with van der Waals surface area (Å²) in [5.41, 5.74) is 1.68. The van der Waals surface area contributed by atoms with Crippen LogP contribution in [0.4, 0.5) is 0 Å². The average molecular weight is 511 g/mol. The van der Waals surface area contributed by atoms with Crippen molar-refractivity contribution in [2.75, 3.05) is 45.2 Å². The van der Waals surface area contributed by atoms with Crippen LogP contribution >= 0.6 is 11.8 Å². The van der Waals surface area contributed by atoms with E-state index in [4.69, 9.17) is 14.5 Å². The first-order valence-electron chi connectivity index (χ1n) is 12.4. The van der Waals surface area contributed by atoms with Crippen LogP contribution in [0.15, 0.2) is 28.3 Å². The van der Waals surface area contributed by atoms with Crippen LogP contribution in [0.25, 0.3) is 11.0 Å². The molecule has 8 nitrogen and oxygen atoms in total. The zero-order valence-corrected chi connectivity index (χ0v) is 22.4. The Morgan fingerprint density at radius 2 is 1.88 bits per heavy atom. The Bertz CT molecular complexity index is 1050. The van der Waals surface area contributed by atoms with Crippen LogP contribution in [0, 0.1) is 0 Å². The summed E-state index contributed by atoms with van der Waals surface area (Å²) in [4.78, 5) is 7.68. The predicted octanol–water partition coefficient (Wildman–Crippen LogP) is 3.45. The maximum atomic E-state index is 13.2. The van der Waals surface area contributed by atoms with Crippen molar-refractivity contribution in [2.45, 2.75) is 75.3 Å². The van der Waals surface area contributed by atoms with Crippen molar-refractivity contribution in [3.63, 3.8) is 0 Å². The van der Waals surface area contributed by atoms with E-state index in [1.54, 1.807) is 23.9 Å². The van der Waals surface area contributed by atoms with Crippen molar-refractivity contribution in [2.24, 2.45) is 0 Å². The molecule has 1 aromatic carbocycles. The number of benzene rings is 1. The molecule has 1 atom stereocenters. The molecule has 0 radical (unpaired) electrons. The van der Waals surface area contributed by atoms with E-state index in [0.717, 1.165) is 54.5 Å². The van der Waals surface area contributed by atoms with E-state index in [2.05, 4.69) is 37.2 Å². The van der Waals surface area contributed by atoms with Gasteiger partial charge in [-0.3, -0.25) is 4.90 Å². The van der Waals surface area contributed by atoms with Crippen molar-refractivity contribution >= 4 is 32.8 Å². The summed E-state index contributed by atoms with van der Waals surface area (Å²) in [5.74, 6) is 0.921. The standard InChI is InChI=1S/C24H38N4O4S2/c1-18(2)27(19(3)4)11-15-33-24-25-22-16-21(34(29,30)26-9-13-31-14-10-26)7-8-23(22)28(24)17-20-6-5-12-32-20/h7-8,16,18-20H,5-6,9-15,17H2,1-4H3/t20-/m0/s1. The van der Waals surface area contributed by atoms with Gasteiger partial charge in [0.05, 0.1) is 41.8 Å². The van der Waals surface area contributed by atoms with Crippen LogP contribution in [0.3, 0.4) is 0 Å². The molecule has 1 aromatic heterocycles. The molecule has 2 fully saturated rings. The van der Waals surface area contributed by atoms with Crippen molar-refractivity contribution in [1.29, 1.82) is 0 Å². The van der Waals surface area contributed by atoms with E-state index in [-0.39, 0.29) is 6.10 Å². The fraction of sp³-hybridized carbons (Fsp3) is 0.708. The number of hydrogen-bond acceptors (Lipinski definition) is 7. The number of fused-ring (bicyclic) bond motifs is 1. The van der Waals surface area contributed by atoms with Gasteiger partial charge in [0.25, 0.3) is 0 Å². The number of ether oxygens (including phenoxy) is 2. The van der Waals surface area contributed by atoms with E-state index < -0.39 is 10.0 Å². The summed E-state index contributed by atoms with van der Waals surface area (Å²) in [5, 5.41) is 0.930. The van der Waals surface area contributed by atoms with Crippen LogP contribution in [-0.4, -0.2) is 90.6 Å². The topological polar surface area (TPSA) is 76.9 Å². The van der Waals surface area contributed by atoms with Crippen LogP contribution in [0.2, 0.25) is 0 Å². The summed E-state index contributed by atoms with van der Waals surface area (Å²) >= 11 is 1.74. The summed E-state index contributed by atoms with van der Waals surface area (Å²) in [6.45, 7) is 13.1. The maximum absolute atomic E-state index is 13.2.